The number of carbonyl (C=O) groups excluding carboxylic acids is 1. The average molecular weight is 293 g/mol. The molecule has 1 fully saturated rings. The molecule has 0 aromatic heterocycles. The molecule has 1 aliphatic rings. The van der Waals surface area contributed by atoms with E-state index in [1.54, 1.807) is 6.07 Å². The largest absolute Gasteiger partial charge is 0.355 e. The molecule has 0 unspecified atom stereocenters. The molecule has 2 rings (SSSR count). The van der Waals surface area contributed by atoms with Gasteiger partial charge in [0.2, 0.25) is 5.91 Å². The minimum absolute atomic E-state index is 0.0227. The predicted octanol–water partition coefficient (Wildman–Crippen LogP) is 2.04. The molecule has 5 heteroatoms. The topological polar surface area (TPSA) is 44.4 Å². The summed E-state index contributed by atoms with van der Waals surface area (Å²) in [6, 6.07) is 5.08. The number of carbonyl (C=O) groups is 1. The second-order valence-electron chi connectivity index (χ2n) is 5.88. The minimum Gasteiger partial charge on any atom is -0.355 e. The first-order chi connectivity index (χ1) is 9.98. The third-order valence-electron chi connectivity index (χ3n) is 3.96. The van der Waals surface area contributed by atoms with Crippen LogP contribution < -0.4 is 15.5 Å². The first kappa shape index (κ1) is 15.8. The van der Waals surface area contributed by atoms with Crippen LogP contribution in [0.1, 0.15) is 32.8 Å². The van der Waals surface area contributed by atoms with Gasteiger partial charge < -0.3 is 15.5 Å². The van der Waals surface area contributed by atoms with Gasteiger partial charge in [-0.15, -0.1) is 0 Å². The van der Waals surface area contributed by atoms with Crippen molar-refractivity contribution >= 4 is 11.6 Å². The van der Waals surface area contributed by atoms with Gasteiger partial charge in [0.05, 0.1) is 0 Å². The zero-order valence-electron chi connectivity index (χ0n) is 13.0. The second kappa shape index (κ2) is 6.43. The van der Waals surface area contributed by atoms with Gasteiger partial charge in [0, 0.05) is 30.9 Å². The summed E-state index contributed by atoms with van der Waals surface area (Å²) < 4.78 is 14.2. The second-order valence-corrected chi connectivity index (χ2v) is 5.88. The lowest BCUT2D eigenvalue weighted by molar-refractivity contribution is -0.126. The molecule has 0 spiro atoms. The molecule has 0 saturated carbocycles. The fourth-order valence-electron chi connectivity index (χ4n) is 2.69. The molecule has 1 heterocycles. The molecule has 4 nitrogen and oxygen atoms in total. The summed E-state index contributed by atoms with van der Waals surface area (Å²) in [4.78, 5) is 14.1. The summed E-state index contributed by atoms with van der Waals surface area (Å²) in [7, 11) is 0. The van der Waals surface area contributed by atoms with Crippen molar-refractivity contribution in [2.24, 2.45) is 0 Å². The van der Waals surface area contributed by atoms with E-state index in [9.17, 15) is 9.18 Å². The van der Waals surface area contributed by atoms with E-state index in [0.29, 0.717) is 25.2 Å². The highest BCUT2D eigenvalue weighted by atomic mass is 19.1. The number of nitrogens with zero attached hydrogens (tertiary/aromatic N) is 1. The summed E-state index contributed by atoms with van der Waals surface area (Å²) in [6.45, 7) is 8.41. The van der Waals surface area contributed by atoms with E-state index in [0.717, 1.165) is 18.7 Å². The molecular weight excluding hydrogens is 269 g/mol. The molecule has 2 N–H and O–H groups in total. The average Bonchev–Trinajstić information content (AvgIpc) is 2.44. The van der Waals surface area contributed by atoms with E-state index < -0.39 is 5.54 Å². The van der Waals surface area contributed by atoms with Crippen molar-refractivity contribution in [3.8, 4) is 0 Å². The number of halogens is 1. The molecule has 1 aliphatic heterocycles. The van der Waals surface area contributed by atoms with Crippen molar-refractivity contribution in [1.29, 1.82) is 0 Å². The van der Waals surface area contributed by atoms with Crippen LogP contribution in [-0.2, 0) is 11.3 Å². The Morgan fingerprint density at radius 2 is 2.19 bits per heavy atom. The van der Waals surface area contributed by atoms with Gasteiger partial charge in [0.1, 0.15) is 11.4 Å². The highest BCUT2D eigenvalue weighted by Crippen LogP contribution is 2.30. The molecule has 1 aromatic carbocycles. The zero-order valence-corrected chi connectivity index (χ0v) is 13.0. The van der Waals surface area contributed by atoms with Crippen molar-refractivity contribution in [3.05, 3.63) is 29.6 Å². The normalized spacial score (nSPS) is 17.7. The maximum Gasteiger partial charge on any atom is 0.245 e. The predicted molar refractivity (Wildman–Crippen MR) is 82.8 cm³/mol. The maximum atomic E-state index is 14.2. The number of hydrogen-bond acceptors (Lipinski definition) is 3. The SMILES string of the molecule is CCCNCc1c(F)cccc1N1CCNC(=O)C1(C)C. The molecule has 1 amide bonds. The van der Waals surface area contributed by atoms with Crippen LogP contribution in [0.3, 0.4) is 0 Å². The number of hydrogen-bond donors (Lipinski definition) is 2. The Balaban J connectivity index is 2.34. The third-order valence-corrected chi connectivity index (χ3v) is 3.96. The Hall–Kier alpha value is -1.62. The Labute approximate surface area is 125 Å². The van der Waals surface area contributed by atoms with Crippen molar-refractivity contribution in [1.82, 2.24) is 10.6 Å². The lowest BCUT2D eigenvalue weighted by Gasteiger charge is -2.43. The monoisotopic (exact) mass is 293 g/mol. The number of anilines is 1. The van der Waals surface area contributed by atoms with Gasteiger partial charge in [-0.1, -0.05) is 13.0 Å². The lowest BCUT2D eigenvalue weighted by atomic mass is 9.96. The van der Waals surface area contributed by atoms with Crippen LogP contribution >= 0.6 is 0 Å². The maximum absolute atomic E-state index is 14.2. The zero-order chi connectivity index (χ0) is 15.5. The first-order valence-corrected chi connectivity index (χ1v) is 7.52. The van der Waals surface area contributed by atoms with Gasteiger partial charge in [-0.25, -0.2) is 4.39 Å². The number of benzene rings is 1. The third kappa shape index (κ3) is 3.18. The van der Waals surface area contributed by atoms with E-state index in [1.807, 2.05) is 24.8 Å². The van der Waals surface area contributed by atoms with Crippen molar-refractivity contribution in [2.45, 2.75) is 39.3 Å². The van der Waals surface area contributed by atoms with Crippen molar-refractivity contribution in [3.63, 3.8) is 0 Å². The van der Waals surface area contributed by atoms with Crippen molar-refractivity contribution < 1.29 is 9.18 Å². The highest BCUT2D eigenvalue weighted by Gasteiger charge is 2.38. The van der Waals surface area contributed by atoms with Crippen LogP contribution in [0.15, 0.2) is 18.2 Å². The fourth-order valence-corrected chi connectivity index (χ4v) is 2.69. The van der Waals surface area contributed by atoms with Crippen LogP contribution in [0.25, 0.3) is 0 Å². The van der Waals surface area contributed by atoms with Gasteiger partial charge in [-0.05, 0) is 38.9 Å². The summed E-state index contributed by atoms with van der Waals surface area (Å²) in [5, 5.41) is 6.11. The summed E-state index contributed by atoms with van der Waals surface area (Å²) in [5.41, 5.74) is 0.762. The van der Waals surface area contributed by atoms with Gasteiger partial charge in [0.25, 0.3) is 0 Å². The van der Waals surface area contributed by atoms with E-state index in [1.165, 1.54) is 6.07 Å². The number of nitrogens with one attached hydrogen (secondary N) is 2. The molecule has 116 valence electrons. The molecule has 1 saturated heterocycles. The number of rotatable bonds is 5. The molecule has 0 radical (unpaired) electrons. The molecule has 1 aromatic rings. The number of amides is 1. The lowest BCUT2D eigenvalue weighted by Crippen LogP contribution is -2.62. The van der Waals surface area contributed by atoms with E-state index in [4.69, 9.17) is 0 Å². The van der Waals surface area contributed by atoms with Crippen molar-refractivity contribution in [2.75, 3.05) is 24.5 Å². The minimum atomic E-state index is -0.675. The van der Waals surface area contributed by atoms with Gasteiger partial charge in [-0.2, -0.15) is 0 Å². The molecular formula is C16H24FN3O. The number of piperazine rings is 1. The van der Waals surface area contributed by atoms with Crippen LogP contribution in [0.5, 0.6) is 0 Å². The highest BCUT2D eigenvalue weighted by molar-refractivity contribution is 5.90. The fraction of sp³-hybridized carbons (Fsp3) is 0.562. The molecule has 0 aliphatic carbocycles. The summed E-state index contributed by atoms with van der Waals surface area (Å²) in [6.07, 6.45) is 1.00. The standard InChI is InChI=1S/C16H24FN3O/c1-4-8-18-11-12-13(17)6-5-7-14(12)20-10-9-19-15(21)16(20,2)3/h5-7,18H,4,8-11H2,1-3H3,(H,19,21). The van der Waals surface area contributed by atoms with Gasteiger partial charge >= 0.3 is 0 Å². The molecule has 0 bridgehead atoms. The Bertz CT molecular complexity index is 516. The van der Waals surface area contributed by atoms with Crippen LogP contribution in [0.2, 0.25) is 0 Å². The smallest absolute Gasteiger partial charge is 0.245 e. The van der Waals surface area contributed by atoms with Gasteiger partial charge in [-0.3, -0.25) is 4.79 Å². The van der Waals surface area contributed by atoms with E-state index in [2.05, 4.69) is 17.6 Å². The van der Waals surface area contributed by atoms with E-state index >= 15 is 0 Å². The summed E-state index contributed by atoms with van der Waals surface area (Å²) in [5.74, 6) is -0.247. The van der Waals surface area contributed by atoms with Crippen LogP contribution in [-0.4, -0.2) is 31.1 Å². The quantitative estimate of drug-likeness (QED) is 0.817. The Kier molecular flexibility index (Phi) is 4.83. The molecule has 0 atom stereocenters. The first-order valence-electron chi connectivity index (χ1n) is 7.52. The Morgan fingerprint density at radius 3 is 2.90 bits per heavy atom. The Morgan fingerprint density at radius 1 is 1.43 bits per heavy atom. The molecule has 21 heavy (non-hydrogen) atoms. The van der Waals surface area contributed by atoms with Crippen LogP contribution in [0, 0.1) is 5.82 Å². The van der Waals surface area contributed by atoms with E-state index in [-0.39, 0.29) is 11.7 Å². The summed E-state index contributed by atoms with van der Waals surface area (Å²) >= 11 is 0. The van der Waals surface area contributed by atoms with Gasteiger partial charge in [0.15, 0.2) is 0 Å². The van der Waals surface area contributed by atoms with Crippen LogP contribution in [0.4, 0.5) is 10.1 Å².